The van der Waals surface area contributed by atoms with Gasteiger partial charge in [0.1, 0.15) is 0 Å². The second kappa shape index (κ2) is 3.65. The van der Waals surface area contributed by atoms with E-state index in [1.54, 1.807) is 7.05 Å². The Kier molecular flexibility index (Phi) is 2.50. The zero-order valence-corrected chi connectivity index (χ0v) is 8.59. The van der Waals surface area contributed by atoms with Crippen molar-refractivity contribution in [3.05, 3.63) is 5.82 Å². The van der Waals surface area contributed by atoms with Crippen molar-refractivity contribution in [1.29, 1.82) is 0 Å². The third-order valence-corrected chi connectivity index (χ3v) is 2.91. The van der Waals surface area contributed by atoms with Crippen LogP contribution in [0.4, 0.5) is 0 Å². The second-order valence-corrected chi connectivity index (χ2v) is 4.16. The molecule has 2 atom stereocenters. The van der Waals surface area contributed by atoms with Crippen LogP contribution in [-0.2, 0) is 13.5 Å². The Labute approximate surface area is 83.1 Å². The number of nitrogens with zero attached hydrogens (tertiary/aromatic N) is 4. The zero-order valence-electron chi connectivity index (χ0n) is 8.59. The van der Waals surface area contributed by atoms with Gasteiger partial charge in [-0.1, -0.05) is 6.92 Å². The lowest BCUT2D eigenvalue weighted by atomic mass is 9.97. The molecule has 78 valence electrons. The monoisotopic (exact) mass is 196 g/mol. The van der Waals surface area contributed by atoms with E-state index in [0.717, 1.165) is 0 Å². The van der Waals surface area contributed by atoms with E-state index >= 15 is 0 Å². The summed E-state index contributed by atoms with van der Waals surface area (Å²) in [5, 5.41) is 21.5. The molecule has 0 bridgehead atoms. The maximum atomic E-state index is 9.87. The molecule has 1 heterocycles. The van der Waals surface area contributed by atoms with E-state index in [-0.39, 0.29) is 6.10 Å². The summed E-state index contributed by atoms with van der Waals surface area (Å²) in [6.45, 7) is 2.10. The van der Waals surface area contributed by atoms with Gasteiger partial charge in [0, 0.05) is 6.42 Å². The Hall–Kier alpha value is -0.970. The number of hydrogen-bond donors (Lipinski definition) is 1. The Morgan fingerprint density at radius 1 is 1.57 bits per heavy atom. The number of aliphatic hydroxyl groups excluding tert-OH is 1. The number of hydrogen-bond acceptors (Lipinski definition) is 4. The van der Waals surface area contributed by atoms with Gasteiger partial charge in [-0.3, -0.25) is 0 Å². The molecular weight excluding hydrogens is 180 g/mol. The summed E-state index contributed by atoms with van der Waals surface area (Å²) >= 11 is 0. The van der Waals surface area contributed by atoms with E-state index in [1.165, 1.54) is 17.6 Å². The van der Waals surface area contributed by atoms with Crippen LogP contribution in [0.3, 0.4) is 0 Å². The van der Waals surface area contributed by atoms with Crippen molar-refractivity contribution < 1.29 is 5.11 Å². The molecule has 0 saturated heterocycles. The van der Waals surface area contributed by atoms with Gasteiger partial charge in [-0.15, -0.1) is 10.2 Å². The van der Waals surface area contributed by atoms with Crippen molar-refractivity contribution in [3.8, 4) is 0 Å². The van der Waals surface area contributed by atoms with Crippen LogP contribution in [0.25, 0.3) is 0 Å². The molecule has 2 unspecified atom stereocenters. The van der Waals surface area contributed by atoms with Crippen molar-refractivity contribution >= 4 is 0 Å². The number of aromatic nitrogens is 4. The molecule has 0 aromatic carbocycles. The van der Waals surface area contributed by atoms with Crippen LogP contribution >= 0.6 is 0 Å². The fourth-order valence-electron chi connectivity index (χ4n) is 1.71. The fraction of sp³-hybridized carbons (Fsp3) is 0.889. The topological polar surface area (TPSA) is 63.8 Å². The van der Waals surface area contributed by atoms with Crippen molar-refractivity contribution in [3.63, 3.8) is 0 Å². The molecule has 2 rings (SSSR count). The lowest BCUT2D eigenvalue weighted by molar-refractivity contribution is 0.103. The highest BCUT2D eigenvalue weighted by Gasteiger charge is 2.32. The van der Waals surface area contributed by atoms with Crippen LogP contribution in [0, 0.1) is 11.8 Å². The van der Waals surface area contributed by atoms with Crippen molar-refractivity contribution in [1.82, 2.24) is 20.2 Å². The van der Waals surface area contributed by atoms with Gasteiger partial charge >= 0.3 is 0 Å². The highest BCUT2D eigenvalue weighted by molar-refractivity contribution is 4.88. The molecule has 1 aromatic heterocycles. The molecule has 1 fully saturated rings. The number of tetrazole rings is 1. The summed E-state index contributed by atoms with van der Waals surface area (Å²) in [6, 6.07) is 0. The average molecular weight is 196 g/mol. The highest BCUT2D eigenvalue weighted by atomic mass is 16.3. The molecule has 0 spiro atoms. The lowest BCUT2D eigenvalue weighted by Gasteiger charge is -2.16. The van der Waals surface area contributed by atoms with Gasteiger partial charge in [0.2, 0.25) is 0 Å². The van der Waals surface area contributed by atoms with Crippen LogP contribution in [0.2, 0.25) is 0 Å². The maximum absolute atomic E-state index is 9.87. The van der Waals surface area contributed by atoms with Crippen molar-refractivity contribution in [2.75, 3.05) is 0 Å². The van der Waals surface area contributed by atoms with Gasteiger partial charge in [0.25, 0.3) is 0 Å². The van der Waals surface area contributed by atoms with Crippen molar-refractivity contribution in [2.24, 2.45) is 18.9 Å². The first-order valence-corrected chi connectivity index (χ1v) is 5.07. The minimum Gasteiger partial charge on any atom is -0.392 e. The number of aryl methyl sites for hydroxylation is 1. The molecule has 5 nitrogen and oxygen atoms in total. The molecular formula is C9H16N4O. The molecule has 1 N–H and O–H groups in total. The number of aliphatic hydroxyl groups is 1. The van der Waals surface area contributed by atoms with E-state index in [1.807, 2.05) is 0 Å². The summed E-state index contributed by atoms with van der Waals surface area (Å²) in [7, 11) is 1.73. The SMILES string of the molecule is CC(C(O)Cc1nnn(C)n1)C1CC1. The van der Waals surface area contributed by atoms with Crippen LogP contribution in [-0.4, -0.2) is 31.4 Å². The standard InChI is InChI=1S/C9H16N4O/c1-6(7-3-4-7)8(14)5-9-10-12-13(2)11-9/h6-8,14H,3-5H2,1-2H3. The first-order valence-electron chi connectivity index (χ1n) is 5.07. The largest absolute Gasteiger partial charge is 0.392 e. The first-order chi connectivity index (χ1) is 6.66. The van der Waals surface area contributed by atoms with Gasteiger partial charge in [-0.25, -0.2) is 0 Å². The van der Waals surface area contributed by atoms with Gasteiger partial charge in [0.15, 0.2) is 5.82 Å². The highest BCUT2D eigenvalue weighted by Crippen LogP contribution is 2.38. The third-order valence-electron chi connectivity index (χ3n) is 2.91. The van der Waals surface area contributed by atoms with E-state index in [0.29, 0.717) is 24.1 Å². The molecule has 0 aliphatic heterocycles. The van der Waals surface area contributed by atoms with Crippen LogP contribution in [0.15, 0.2) is 0 Å². The minimum atomic E-state index is -0.327. The quantitative estimate of drug-likeness (QED) is 0.745. The van der Waals surface area contributed by atoms with E-state index in [9.17, 15) is 5.11 Å². The van der Waals surface area contributed by atoms with E-state index in [4.69, 9.17) is 0 Å². The zero-order chi connectivity index (χ0) is 10.1. The lowest BCUT2D eigenvalue weighted by Crippen LogP contribution is -2.22. The van der Waals surface area contributed by atoms with Crippen molar-refractivity contribution in [2.45, 2.75) is 32.3 Å². The molecule has 1 aliphatic rings. The molecule has 0 radical (unpaired) electrons. The molecule has 14 heavy (non-hydrogen) atoms. The second-order valence-electron chi connectivity index (χ2n) is 4.16. The molecule has 1 saturated carbocycles. The molecule has 0 amide bonds. The average Bonchev–Trinajstić information content (AvgIpc) is 2.91. The van der Waals surface area contributed by atoms with Gasteiger partial charge in [0.05, 0.1) is 13.2 Å². The van der Waals surface area contributed by atoms with Gasteiger partial charge < -0.3 is 5.11 Å². The predicted molar refractivity (Wildman–Crippen MR) is 50.4 cm³/mol. The Morgan fingerprint density at radius 2 is 2.29 bits per heavy atom. The molecule has 1 aliphatic carbocycles. The van der Waals surface area contributed by atoms with Crippen LogP contribution < -0.4 is 0 Å². The summed E-state index contributed by atoms with van der Waals surface area (Å²) in [5.74, 6) is 1.70. The van der Waals surface area contributed by atoms with Crippen LogP contribution in [0.1, 0.15) is 25.6 Å². The fourth-order valence-corrected chi connectivity index (χ4v) is 1.71. The molecule has 1 aromatic rings. The number of rotatable bonds is 4. The summed E-state index contributed by atoms with van der Waals surface area (Å²) in [6.07, 6.45) is 2.70. The Morgan fingerprint density at radius 3 is 2.79 bits per heavy atom. The van der Waals surface area contributed by atoms with E-state index < -0.39 is 0 Å². The summed E-state index contributed by atoms with van der Waals surface area (Å²) in [4.78, 5) is 1.42. The normalized spacial score (nSPS) is 20.8. The summed E-state index contributed by atoms with van der Waals surface area (Å²) in [5.41, 5.74) is 0. The smallest absolute Gasteiger partial charge is 0.177 e. The van der Waals surface area contributed by atoms with Gasteiger partial charge in [-0.2, -0.15) is 4.80 Å². The minimum absolute atomic E-state index is 0.327. The van der Waals surface area contributed by atoms with E-state index in [2.05, 4.69) is 22.3 Å². The maximum Gasteiger partial charge on any atom is 0.177 e. The Bertz CT molecular complexity index is 308. The predicted octanol–water partition coefficient (Wildman–Crippen LogP) is 0.160. The third kappa shape index (κ3) is 2.09. The first kappa shape index (κ1) is 9.58. The van der Waals surface area contributed by atoms with Crippen LogP contribution in [0.5, 0.6) is 0 Å². The molecule has 5 heteroatoms. The summed E-state index contributed by atoms with van der Waals surface area (Å²) < 4.78 is 0. The van der Waals surface area contributed by atoms with Gasteiger partial charge in [-0.05, 0) is 29.9 Å². The Balaban J connectivity index is 1.89.